The molecule has 2 rings (SSSR count). The lowest BCUT2D eigenvalue weighted by Gasteiger charge is -2.14. The summed E-state index contributed by atoms with van der Waals surface area (Å²) in [5, 5.41) is 6.17. The van der Waals surface area contributed by atoms with Gasteiger partial charge in [-0.25, -0.2) is 4.99 Å². The zero-order chi connectivity index (χ0) is 17.4. The van der Waals surface area contributed by atoms with Crippen LogP contribution in [0, 0.1) is 0 Å². The molecule has 0 aromatic heterocycles. The summed E-state index contributed by atoms with van der Waals surface area (Å²) in [4.78, 5) is 17.7. The fraction of sp³-hybridized carbons (Fsp3) is 0.529. The third kappa shape index (κ3) is 5.33. The monoisotopic (exact) mass is 334 g/mol. The maximum Gasteiger partial charge on any atom is 0.241 e. The average molecular weight is 334 g/mol. The topological polar surface area (TPSA) is 75.2 Å². The van der Waals surface area contributed by atoms with E-state index in [0.29, 0.717) is 25.7 Å². The van der Waals surface area contributed by atoms with Crippen molar-refractivity contribution in [2.24, 2.45) is 4.99 Å². The molecule has 0 radical (unpaired) electrons. The highest BCUT2D eigenvalue weighted by Gasteiger charge is 2.11. The minimum absolute atomic E-state index is 0.00353. The molecule has 7 heteroatoms. The van der Waals surface area contributed by atoms with Gasteiger partial charge in [-0.2, -0.15) is 0 Å². The molecule has 0 saturated carbocycles. The highest BCUT2D eigenvalue weighted by molar-refractivity contribution is 5.86. The Morgan fingerprint density at radius 1 is 1.21 bits per heavy atom. The number of nitrogens with zero attached hydrogens (tertiary/aromatic N) is 2. The molecule has 1 aliphatic heterocycles. The minimum atomic E-state index is -0.00353. The van der Waals surface area contributed by atoms with Gasteiger partial charge in [0, 0.05) is 27.1 Å². The molecular formula is C17H26N4O3. The number of rotatable bonds is 5. The molecule has 0 fully saturated rings. The van der Waals surface area contributed by atoms with Gasteiger partial charge in [-0.3, -0.25) is 4.79 Å². The van der Waals surface area contributed by atoms with Crippen LogP contribution in [0.3, 0.4) is 0 Å². The summed E-state index contributed by atoms with van der Waals surface area (Å²) in [5.41, 5.74) is 1.02. The van der Waals surface area contributed by atoms with Crippen molar-refractivity contribution in [2.45, 2.75) is 19.9 Å². The smallest absolute Gasteiger partial charge is 0.241 e. The van der Waals surface area contributed by atoms with E-state index in [0.717, 1.165) is 30.0 Å². The van der Waals surface area contributed by atoms with Gasteiger partial charge in [0.25, 0.3) is 0 Å². The molecule has 7 nitrogen and oxygen atoms in total. The van der Waals surface area contributed by atoms with E-state index < -0.39 is 0 Å². The quantitative estimate of drug-likeness (QED) is 0.620. The Morgan fingerprint density at radius 3 is 2.67 bits per heavy atom. The normalized spacial score (nSPS) is 13.9. The first-order chi connectivity index (χ1) is 11.6. The molecule has 0 aliphatic carbocycles. The van der Waals surface area contributed by atoms with Crippen LogP contribution in [0.1, 0.15) is 18.9 Å². The zero-order valence-corrected chi connectivity index (χ0v) is 14.6. The molecule has 132 valence electrons. The van der Waals surface area contributed by atoms with Crippen LogP contribution in [-0.2, 0) is 11.3 Å². The number of aliphatic imine (C=N–C) groups is 1. The van der Waals surface area contributed by atoms with Crippen molar-refractivity contribution >= 4 is 11.9 Å². The first kappa shape index (κ1) is 17.9. The maximum atomic E-state index is 11.7. The van der Waals surface area contributed by atoms with Gasteiger partial charge >= 0.3 is 0 Å². The van der Waals surface area contributed by atoms with Gasteiger partial charge in [0.15, 0.2) is 17.5 Å². The SMILES string of the molecule is CCNC(=NCc1ccc2c(c1)OCCCO2)NCC(=O)N(C)C. The predicted octanol–water partition coefficient (Wildman–Crippen LogP) is 0.991. The number of carbonyl (C=O) groups is 1. The van der Waals surface area contributed by atoms with Crippen LogP contribution in [0.15, 0.2) is 23.2 Å². The van der Waals surface area contributed by atoms with E-state index in [1.807, 2.05) is 25.1 Å². The molecule has 0 spiro atoms. The number of fused-ring (bicyclic) bond motifs is 1. The van der Waals surface area contributed by atoms with Gasteiger partial charge in [-0.1, -0.05) is 6.07 Å². The summed E-state index contributed by atoms with van der Waals surface area (Å²) in [6.07, 6.45) is 0.885. The predicted molar refractivity (Wildman–Crippen MR) is 93.6 cm³/mol. The average Bonchev–Trinajstić information content (AvgIpc) is 2.81. The highest BCUT2D eigenvalue weighted by atomic mass is 16.5. The van der Waals surface area contributed by atoms with Crippen LogP contribution in [-0.4, -0.2) is 57.2 Å². The second-order valence-corrected chi connectivity index (χ2v) is 5.67. The number of likely N-dealkylation sites (N-methyl/N-ethyl adjacent to an activating group) is 1. The summed E-state index contributed by atoms with van der Waals surface area (Å²) < 4.78 is 11.3. The van der Waals surface area contributed by atoms with Crippen molar-refractivity contribution in [2.75, 3.05) is 40.4 Å². The summed E-state index contributed by atoms with van der Waals surface area (Å²) in [7, 11) is 3.46. The Kier molecular flexibility index (Phi) is 6.72. The fourth-order valence-electron chi connectivity index (χ4n) is 2.14. The fourth-order valence-corrected chi connectivity index (χ4v) is 2.14. The molecule has 1 aromatic rings. The van der Waals surface area contributed by atoms with E-state index in [2.05, 4.69) is 15.6 Å². The molecular weight excluding hydrogens is 308 g/mol. The molecule has 1 aromatic carbocycles. The van der Waals surface area contributed by atoms with Crippen molar-refractivity contribution in [3.8, 4) is 11.5 Å². The van der Waals surface area contributed by atoms with Gasteiger partial charge < -0.3 is 25.0 Å². The van der Waals surface area contributed by atoms with Crippen LogP contribution in [0.5, 0.6) is 11.5 Å². The number of guanidine groups is 1. The maximum absolute atomic E-state index is 11.7. The molecule has 1 amide bonds. The lowest BCUT2D eigenvalue weighted by atomic mass is 10.2. The minimum Gasteiger partial charge on any atom is -0.490 e. The van der Waals surface area contributed by atoms with Gasteiger partial charge in [-0.05, 0) is 24.6 Å². The number of benzene rings is 1. The molecule has 0 bridgehead atoms. The van der Waals surface area contributed by atoms with E-state index >= 15 is 0 Å². The Balaban J connectivity index is 2.00. The van der Waals surface area contributed by atoms with Crippen LogP contribution < -0.4 is 20.1 Å². The van der Waals surface area contributed by atoms with Crippen LogP contribution in [0.25, 0.3) is 0 Å². The zero-order valence-electron chi connectivity index (χ0n) is 14.6. The van der Waals surface area contributed by atoms with E-state index in [1.165, 1.54) is 0 Å². The van der Waals surface area contributed by atoms with Crippen molar-refractivity contribution < 1.29 is 14.3 Å². The molecule has 24 heavy (non-hydrogen) atoms. The second kappa shape index (κ2) is 9.00. The number of hydrogen-bond donors (Lipinski definition) is 2. The molecule has 0 atom stereocenters. The van der Waals surface area contributed by atoms with E-state index in [9.17, 15) is 4.79 Å². The molecule has 2 N–H and O–H groups in total. The Hall–Kier alpha value is -2.44. The summed E-state index contributed by atoms with van der Waals surface area (Å²) >= 11 is 0. The molecule has 1 heterocycles. The van der Waals surface area contributed by atoms with Crippen molar-refractivity contribution in [1.29, 1.82) is 0 Å². The highest BCUT2D eigenvalue weighted by Crippen LogP contribution is 2.30. The number of hydrogen-bond acceptors (Lipinski definition) is 4. The van der Waals surface area contributed by atoms with Gasteiger partial charge in [0.1, 0.15) is 0 Å². The first-order valence-electron chi connectivity index (χ1n) is 8.21. The third-order valence-electron chi connectivity index (χ3n) is 3.48. The Morgan fingerprint density at radius 2 is 1.96 bits per heavy atom. The third-order valence-corrected chi connectivity index (χ3v) is 3.48. The van der Waals surface area contributed by atoms with Gasteiger partial charge in [-0.15, -0.1) is 0 Å². The Labute approximate surface area is 143 Å². The molecule has 0 saturated heterocycles. The number of nitrogens with one attached hydrogen (secondary N) is 2. The van der Waals surface area contributed by atoms with Crippen LogP contribution in [0.2, 0.25) is 0 Å². The molecule has 1 aliphatic rings. The lowest BCUT2D eigenvalue weighted by Crippen LogP contribution is -2.42. The first-order valence-corrected chi connectivity index (χ1v) is 8.21. The van der Waals surface area contributed by atoms with E-state index in [4.69, 9.17) is 9.47 Å². The number of carbonyl (C=O) groups excluding carboxylic acids is 1. The van der Waals surface area contributed by atoms with Crippen molar-refractivity contribution in [1.82, 2.24) is 15.5 Å². The standard InChI is InChI=1S/C17H26N4O3/c1-4-18-17(20-12-16(22)21(2)3)19-11-13-6-7-14-15(10-13)24-9-5-8-23-14/h6-7,10H,4-5,8-9,11-12H2,1-3H3,(H2,18,19,20). The lowest BCUT2D eigenvalue weighted by molar-refractivity contribution is -0.127. The van der Waals surface area contributed by atoms with E-state index in [-0.39, 0.29) is 12.5 Å². The van der Waals surface area contributed by atoms with Gasteiger partial charge in [0.05, 0.1) is 26.3 Å². The summed E-state index contributed by atoms with van der Waals surface area (Å²) in [5.74, 6) is 2.15. The summed E-state index contributed by atoms with van der Waals surface area (Å²) in [6, 6.07) is 5.85. The van der Waals surface area contributed by atoms with Crippen LogP contribution in [0.4, 0.5) is 0 Å². The summed E-state index contributed by atoms with van der Waals surface area (Å²) in [6.45, 7) is 4.75. The van der Waals surface area contributed by atoms with E-state index in [1.54, 1.807) is 19.0 Å². The molecule has 0 unspecified atom stereocenters. The second-order valence-electron chi connectivity index (χ2n) is 5.67. The number of amides is 1. The van der Waals surface area contributed by atoms with Crippen molar-refractivity contribution in [3.63, 3.8) is 0 Å². The van der Waals surface area contributed by atoms with Gasteiger partial charge in [0.2, 0.25) is 5.91 Å². The van der Waals surface area contributed by atoms with Crippen LogP contribution >= 0.6 is 0 Å². The number of ether oxygens (including phenoxy) is 2. The Bertz CT molecular complexity index is 587. The largest absolute Gasteiger partial charge is 0.490 e. The van der Waals surface area contributed by atoms with Crippen molar-refractivity contribution in [3.05, 3.63) is 23.8 Å².